The van der Waals surface area contributed by atoms with Gasteiger partial charge in [-0.15, -0.1) is 0 Å². The predicted molar refractivity (Wildman–Crippen MR) is 152 cm³/mol. The van der Waals surface area contributed by atoms with E-state index in [4.69, 9.17) is 14.2 Å². The second-order valence-corrected chi connectivity index (χ2v) is 12.0. The van der Waals surface area contributed by atoms with Crippen molar-refractivity contribution in [3.63, 3.8) is 0 Å². The average Bonchev–Trinajstić information content (AvgIpc) is 2.88. The molecule has 0 radical (unpaired) electrons. The number of nitrogens with zero attached hydrogens (tertiary/aromatic N) is 2. The summed E-state index contributed by atoms with van der Waals surface area (Å²) in [4.78, 5) is 52.1. The van der Waals surface area contributed by atoms with E-state index >= 15 is 0 Å². The van der Waals surface area contributed by atoms with Crippen LogP contribution in [0.1, 0.15) is 43.1 Å². The normalized spacial score (nSPS) is 13.9. The number of benzene rings is 2. The van der Waals surface area contributed by atoms with Crippen molar-refractivity contribution < 1.29 is 41.8 Å². The van der Waals surface area contributed by atoms with Gasteiger partial charge >= 0.3 is 12.1 Å². The Labute approximate surface area is 238 Å². The summed E-state index contributed by atoms with van der Waals surface area (Å²) >= 11 is 0. The summed E-state index contributed by atoms with van der Waals surface area (Å²) in [6.07, 6.45) is -0.130. The minimum atomic E-state index is -4.04. The minimum Gasteiger partial charge on any atom is -0.496 e. The Morgan fingerprint density at radius 1 is 1.07 bits per heavy atom. The van der Waals surface area contributed by atoms with Crippen LogP contribution in [0.2, 0.25) is 0 Å². The van der Waals surface area contributed by atoms with E-state index in [1.54, 1.807) is 6.07 Å². The van der Waals surface area contributed by atoms with Crippen molar-refractivity contribution in [1.29, 1.82) is 0 Å². The largest absolute Gasteiger partial charge is 0.496 e. The van der Waals surface area contributed by atoms with Gasteiger partial charge in [0.05, 0.1) is 36.9 Å². The van der Waals surface area contributed by atoms with Crippen molar-refractivity contribution in [3.05, 3.63) is 47.5 Å². The van der Waals surface area contributed by atoms with Gasteiger partial charge in [-0.3, -0.25) is 9.59 Å². The summed E-state index contributed by atoms with van der Waals surface area (Å²) in [6, 6.07) is 7.95. The molecular weight excluding hydrogens is 556 g/mol. The lowest BCUT2D eigenvalue weighted by Crippen LogP contribution is -2.50. The molecule has 222 valence electrons. The summed E-state index contributed by atoms with van der Waals surface area (Å²) in [5.74, 6) is -0.745. The first-order chi connectivity index (χ1) is 19.2. The number of urea groups is 1. The van der Waals surface area contributed by atoms with Crippen LogP contribution < -0.4 is 24.6 Å². The first kappa shape index (κ1) is 31.4. The van der Waals surface area contributed by atoms with Crippen LogP contribution in [0.4, 0.5) is 26.7 Å². The van der Waals surface area contributed by atoms with Crippen molar-refractivity contribution in [2.45, 2.75) is 32.6 Å². The van der Waals surface area contributed by atoms with E-state index in [1.807, 2.05) is 20.8 Å². The van der Waals surface area contributed by atoms with Crippen LogP contribution in [0.5, 0.6) is 5.75 Å². The summed E-state index contributed by atoms with van der Waals surface area (Å²) in [6.45, 7) is 5.88. The molecular formula is C27H34N4O9S. The standard InChI is InChI=1S/C27H34N4O9S/c1-27(2,3)21-16-19(30-22(32)11-12-28-25(30)34)15-20(23(21)39-5)24(33)29-17-7-9-18(10-8-17)31(41(6,36)37)26(35)40-14-13-38-4/h7-10,15-16H,11-14H2,1-6H3,(H,28,34)(H,29,33). The maximum atomic E-state index is 13.5. The minimum absolute atomic E-state index is 0.00265. The van der Waals surface area contributed by atoms with Crippen LogP contribution in [0.25, 0.3) is 0 Å². The number of ether oxygens (including phenoxy) is 3. The molecule has 1 aliphatic heterocycles. The highest BCUT2D eigenvalue weighted by atomic mass is 32.2. The molecule has 1 fully saturated rings. The maximum Gasteiger partial charge on any atom is 0.428 e. The molecule has 0 bridgehead atoms. The molecule has 41 heavy (non-hydrogen) atoms. The summed E-state index contributed by atoms with van der Waals surface area (Å²) in [5, 5.41) is 5.35. The SMILES string of the molecule is COCCOC(=O)N(c1ccc(NC(=O)c2cc(N3C(=O)CCNC3=O)cc(C(C)(C)C)c2OC)cc1)S(C)(=O)=O. The van der Waals surface area contributed by atoms with Crippen LogP contribution in [0.3, 0.4) is 0 Å². The Kier molecular flexibility index (Phi) is 9.61. The van der Waals surface area contributed by atoms with Crippen LogP contribution >= 0.6 is 0 Å². The number of carbonyl (C=O) groups excluding carboxylic acids is 4. The van der Waals surface area contributed by atoms with Gasteiger partial charge in [-0.25, -0.2) is 22.9 Å². The van der Waals surface area contributed by atoms with Crippen LogP contribution in [-0.4, -0.2) is 72.6 Å². The third kappa shape index (κ3) is 7.32. The number of anilines is 3. The molecule has 0 aliphatic carbocycles. The Hall–Kier alpha value is -4.17. The molecule has 0 saturated carbocycles. The van der Waals surface area contributed by atoms with E-state index in [9.17, 15) is 27.6 Å². The van der Waals surface area contributed by atoms with E-state index < -0.39 is 39.4 Å². The zero-order valence-electron chi connectivity index (χ0n) is 23.8. The number of imide groups is 1. The Balaban J connectivity index is 1.97. The smallest absolute Gasteiger partial charge is 0.428 e. The number of hydrogen-bond acceptors (Lipinski definition) is 9. The quantitative estimate of drug-likeness (QED) is 0.418. The third-order valence-corrected chi connectivity index (χ3v) is 7.05. The van der Waals surface area contributed by atoms with Crippen LogP contribution in [0.15, 0.2) is 36.4 Å². The lowest BCUT2D eigenvalue weighted by Gasteiger charge is -2.30. The first-order valence-electron chi connectivity index (χ1n) is 12.6. The average molecular weight is 591 g/mol. The molecule has 0 spiro atoms. The number of sulfonamides is 1. The molecule has 0 unspecified atom stereocenters. The first-order valence-corrected chi connectivity index (χ1v) is 14.4. The third-order valence-electron chi connectivity index (χ3n) is 6.03. The molecule has 3 rings (SSSR count). The molecule has 1 aliphatic rings. The van der Waals surface area contributed by atoms with Gasteiger partial charge in [-0.05, 0) is 41.8 Å². The van der Waals surface area contributed by atoms with Gasteiger partial charge in [-0.2, -0.15) is 4.31 Å². The summed E-state index contributed by atoms with van der Waals surface area (Å²) < 4.78 is 40.5. The number of rotatable bonds is 9. The maximum absolute atomic E-state index is 13.5. The predicted octanol–water partition coefficient (Wildman–Crippen LogP) is 3.24. The van der Waals surface area contributed by atoms with Crippen molar-refractivity contribution >= 4 is 51.0 Å². The molecule has 0 aromatic heterocycles. The van der Waals surface area contributed by atoms with Gasteiger partial charge in [-0.1, -0.05) is 20.8 Å². The van der Waals surface area contributed by atoms with Gasteiger partial charge in [0.1, 0.15) is 12.4 Å². The topological polar surface area (TPSA) is 161 Å². The summed E-state index contributed by atoms with van der Waals surface area (Å²) in [7, 11) is -1.21. The van der Waals surface area contributed by atoms with Gasteiger partial charge in [0, 0.05) is 31.3 Å². The number of methoxy groups -OCH3 is 2. The number of amides is 5. The van der Waals surface area contributed by atoms with E-state index in [0.717, 1.165) is 11.2 Å². The molecule has 14 heteroatoms. The van der Waals surface area contributed by atoms with E-state index in [1.165, 1.54) is 44.6 Å². The van der Waals surface area contributed by atoms with E-state index in [2.05, 4.69) is 10.6 Å². The van der Waals surface area contributed by atoms with Crippen molar-refractivity contribution in [3.8, 4) is 5.75 Å². The Morgan fingerprint density at radius 2 is 1.73 bits per heavy atom. The molecule has 13 nitrogen and oxygen atoms in total. The summed E-state index contributed by atoms with van der Waals surface area (Å²) in [5.41, 5.74) is 0.632. The Bertz CT molecular complexity index is 1420. The van der Waals surface area contributed by atoms with Gasteiger partial charge < -0.3 is 24.8 Å². The molecule has 1 saturated heterocycles. The second kappa shape index (κ2) is 12.6. The molecule has 2 aromatic rings. The highest BCUT2D eigenvalue weighted by molar-refractivity contribution is 7.92. The van der Waals surface area contributed by atoms with Gasteiger partial charge in [0.2, 0.25) is 15.9 Å². The molecule has 5 amide bonds. The highest BCUT2D eigenvalue weighted by Crippen LogP contribution is 2.38. The number of hydrogen-bond donors (Lipinski definition) is 2. The van der Waals surface area contributed by atoms with Crippen molar-refractivity contribution in [2.24, 2.45) is 0 Å². The molecule has 2 N–H and O–H groups in total. The molecule has 2 aromatic carbocycles. The van der Waals surface area contributed by atoms with E-state index in [0.29, 0.717) is 9.87 Å². The van der Waals surface area contributed by atoms with Crippen LogP contribution in [0, 0.1) is 0 Å². The fourth-order valence-corrected chi connectivity index (χ4v) is 4.94. The van der Waals surface area contributed by atoms with E-state index in [-0.39, 0.29) is 54.6 Å². The lowest BCUT2D eigenvalue weighted by atomic mass is 9.84. The molecule has 0 atom stereocenters. The lowest BCUT2D eigenvalue weighted by molar-refractivity contribution is -0.118. The fourth-order valence-electron chi connectivity index (χ4n) is 4.11. The highest BCUT2D eigenvalue weighted by Gasteiger charge is 2.32. The zero-order valence-corrected chi connectivity index (χ0v) is 24.6. The number of carbonyl (C=O) groups is 4. The fraction of sp³-hybridized carbons (Fsp3) is 0.407. The van der Waals surface area contributed by atoms with Crippen LogP contribution in [-0.2, 0) is 29.7 Å². The van der Waals surface area contributed by atoms with Gasteiger partial charge in [0.15, 0.2) is 0 Å². The number of nitrogens with one attached hydrogen (secondary N) is 2. The van der Waals surface area contributed by atoms with Gasteiger partial charge in [0.25, 0.3) is 5.91 Å². The second-order valence-electron chi connectivity index (χ2n) is 10.2. The zero-order chi connectivity index (χ0) is 30.5. The van der Waals surface area contributed by atoms with Crippen molar-refractivity contribution in [2.75, 3.05) is 54.8 Å². The monoisotopic (exact) mass is 590 g/mol. The molecule has 1 heterocycles. The Morgan fingerprint density at radius 3 is 2.27 bits per heavy atom. The van der Waals surface area contributed by atoms with Crippen molar-refractivity contribution in [1.82, 2.24) is 5.32 Å².